The van der Waals surface area contributed by atoms with Crippen LogP contribution in [-0.2, 0) is 9.53 Å². The molecule has 0 spiro atoms. The van der Waals surface area contributed by atoms with Gasteiger partial charge in [-0.05, 0) is 13.0 Å². The van der Waals surface area contributed by atoms with Gasteiger partial charge in [-0.25, -0.2) is 19.8 Å². The number of aromatic nitrogens is 2. The number of carbonyl (C=O) groups excluding carboxylic acids is 1. The van der Waals surface area contributed by atoms with E-state index in [2.05, 4.69) is 20.0 Å². The van der Waals surface area contributed by atoms with E-state index in [0.717, 1.165) is 12.1 Å². The van der Waals surface area contributed by atoms with Crippen molar-refractivity contribution in [3.05, 3.63) is 18.5 Å². The number of hydrogen-bond donors (Lipinski definition) is 0. The summed E-state index contributed by atoms with van der Waals surface area (Å²) >= 11 is 0. The van der Waals surface area contributed by atoms with Crippen molar-refractivity contribution in [3.63, 3.8) is 0 Å². The lowest BCUT2D eigenvalue weighted by Gasteiger charge is -2.12. The van der Waals surface area contributed by atoms with Crippen LogP contribution >= 0.6 is 0 Å². The van der Waals surface area contributed by atoms with Crippen LogP contribution in [0.2, 0.25) is 0 Å². The highest BCUT2D eigenvalue weighted by molar-refractivity contribution is 6.40. The highest BCUT2D eigenvalue weighted by atomic mass is 16.5. The molecular formula is C12H14N4O2. The molecule has 0 fully saturated rings. The van der Waals surface area contributed by atoms with Crippen LogP contribution in [0.4, 0.5) is 5.95 Å². The van der Waals surface area contributed by atoms with E-state index in [1.165, 1.54) is 0 Å². The third-order valence-corrected chi connectivity index (χ3v) is 2.40. The van der Waals surface area contributed by atoms with Gasteiger partial charge >= 0.3 is 5.97 Å². The molecule has 0 aliphatic carbocycles. The summed E-state index contributed by atoms with van der Waals surface area (Å²) in [6, 6.07) is 1.73. The Morgan fingerprint density at radius 1 is 1.44 bits per heavy atom. The number of esters is 1. The SMILES string of the molecule is CCOC(=O)C1=NCCC(=Nc2ncccn2)C1. The van der Waals surface area contributed by atoms with Crippen molar-refractivity contribution in [1.82, 2.24) is 9.97 Å². The summed E-state index contributed by atoms with van der Waals surface area (Å²) in [6.07, 6.45) is 4.41. The summed E-state index contributed by atoms with van der Waals surface area (Å²) in [6.45, 7) is 2.68. The maximum Gasteiger partial charge on any atom is 0.352 e. The molecule has 18 heavy (non-hydrogen) atoms. The smallest absolute Gasteiger partial charge is 0.352 e. The summed E-state index contributed by atoms with van der Waals surface area (Å²) in [5, 5.41) is 0. The van der Waals surface area contributed by atoms with Crippen LogP contribution in [0, 0.1) is 0 Å². The molecule has 0 aromatic carbocycles. The van der Waals surface area contributed by atoms with Crippen molar-refractivity contribution in [2.24, 2.45) is 9.98 Å². The van der Waals surface area contributed by atoms with Gasteiger partial charge in [0.25, 0.3) is 0 Å². The maximum absolute atomic E-state index is 11.6. The molecule has 0 saturated heterocycles. The molecule has 2 heterocycles. The van der Waals surface area contributed by atoms with Gasteiger partial charge < -0.3 is 4.74 Å². The fourth-order valence-electron chi connectivity index (χ4n) is 1.59. The highest BCUT2D eigenvalue weighted by Crippen LogP contribution is 2.10. The van der Waals surface area contributed by atoms with E-state index in [0.29, 0.717) is 31.2 Å². The van der Waals surface area contributed by atoms with E-state index in [-0.39, 0.29) is 5.97 Å². The normalized spacial score (nSPS) is 17.4. The zero-order valence-electron chi connectivity index (χ0n) is 10.2. The molecule has 0 N–H and O–H groups in total. The van der Waals surface area contributed by atoms with Crippen LogP contribution in [0.5, 0.6) is 0 Å². The number of aliphatic imine (C=N–C) groups is 2. The topological polar surface area (TPSA) is 76.8 Å². The van der Waals surface area contributed by atoms with Gasteiger partial charge in [-0.15, -0.1) is 0 Å². The Labute approximate surface area is 105 Å². The number of rotatable bonds is 3. The predicted molar refractivity (Wildman–Crippen MR) is 67.3 cm³/mol. The van der Waals surface area contributed by atoms with Crippen LogP contribution in [-0.4, -0.2) is 40.5 Å². The first-order chi connectivity index (χ1) is 8.79. The average Bonchev–Trinajstić information content (AvgIpc) is 2.40. The summed E-state index contributed by atoms with van der Waals surface area (Å²) in [5.41, 5.74) is 1.29. The first kappa shape index (κ1) is 12.3. The zero-order valence-corrected chi connectivity index (χ0v) is 10.2. The monoisotopic (exact) mass is 246 g/mol. The zero-order chi connectivity index (χ0) is 12.8. The number of nitrogens with zero attached hydrogens (tertiary/aromatic N) is 4. The fourth-order valence-corrected chi connectivity index (χ4v) is 1.59. The highest BCUT2D eigenvalue weighted by Gasteiger charge is 2.19. The summed E-state index contributed by atoms with van der Waals surface area (Å²) in [4.78, 5) is 28.1. The molecule has 94 valence electrons. The van der Waals surface area contributed by atoms with E-state index in [9.17, 15) is 4.79 Å². The van der Waals surface area contributed by atoms with Crippen molar-refractivity contribution in [2.45, 2.75) is 19.8 Å². The molecule has 0 amide bonds. The molecule has 0 unspecified atom stereocenters. The van der Waals surface area contributed by atoms with Crippen LogP contribution in [0.15, 0.2) is 28.4 Å². The standard InChI is InChI=1S/C12H14N4O2/c1-2-18-11(17)10-8-9(4-7-13-10)16-12-14-5-3-6-15-12/h3,5-6H,2,4,7-8H2,1H3. The minimum Gasteiger partial charge on any atom is -0.462 e. The van der Waals surface area contributed by atoms with Gasteiger partial charge in [0.15, 0.2) is 0 Å². The van der Waals surface area contributed by atoms with Gasteiger partial charge in [-0.1, -0.05) is 0 Å². The lowest BCUT2D eigenvalue weighted by atomic mass is 10.1. The second-order valence-electron chi connectivity index (χ2n) is 3.70. The molecule has 1 aromatic heterocycles. The second-order valence-corrected chi connectivity index (χ2v) is 3.70. The molecule has 0 radical (unpaired) electrons. The Kier molecular flexibility index (Phi) is 4.11. The van der Waals surface area contributed by atoms with Crippen molar-refractivity contribution in [1.29, 1.82) is 0 Å². The van der Waals surface area contributed by atoms with Crippen molar-refractivity contribution in [2.75, 3.05) is 13.2 Å². The molecule has 6 heteroatoms. The molecule has 1 aromatic rings. The first-order valence-corrected chi connectivity index (χ1v) is 5.83. The quantitative estimate of drug-likeness (QED) is 0.754. The summed E-state index contributed by atoms with van der Waals surface area (Å²) in [7, 11) is 0. The molecule has 0 saturated carbocycles. The third kappa shape index (κ3) is 3.19. The molecule has 0 bridgehead atoms. The minimum atomic E-state index is -0.362. The van der Waals surface area contributed by atoms with Crippen LogP contribution in [0.25, 0.3) is 0 Å². The van der Waals surface area contributed by atoms with Gasteiger partial charge in [0.05, 0.1) is 6.61 Å². The number of hydrogen-bond acceptors (Lipinski definition) is 6. The molecule has 1 aliphatic rings. The lowest BCUT2D eigenvalue weighted by Crippen LogP contribution is -2.25. The van der Waals surface area contributed by atoms with Crippen LogP contribution < -0.4 is 0 Å². The maximum atomic E-state index is 11.6. The van der Waals surface area contributed by atoms with Gasteiger partial charge in [0.2, 0.25) is 5.95 Å². The van der Waals surface area contributed by atoms with Crippen molar-refractivity contribution < 1.29 is 9.53 Å². The average molecular weight is 246 g/mol. The summed E-state index contributed by atoms with van der Waals surface area (Å²) in [5.74, 6) is 0.0523. The van der Waals surface area contributed by atoms with Crippen molar-refractivity contribution >= 4 is 23.3 Å². The molecule has 6 nitrogen and oxygen atoms in total. The van der Waals surface area contributed by atoms with Gasteiger partial charge in [-0.2, -0.15) is 0 Å². The van der Waals surface area contributed by atoms with E-state index >= 15 is 0 Å². The van der Waals surface area contributed by atoms with E-state index in [1.54, 1.807) is 25.4 Å². The Morgan fingerprint density at radius 2 is 2.22 bits per heavy atom. The Balaban J connectivity index is 2.08. The number of ether oxygens (including phenoxy) is 1. The summed E-state index contributed by atoms with van der Waals surface area (Å²) < 4.78 is 4.92. The molecule has 1 aliphatic heterocycles. The third-order valence-electron chi connectivity index (χ3n) is 2.40. The van der Waals surface area contributed by atoms with E-state index in [4.69, 9.17) is 4.74 Å². The van der Waals surface area contributed by atoms with Gasteiger partial charge in [0, 0.05) is 37.5 Å². The van der Waals surface area contributed by atoms with Crippen LogP contribution in [0.1, 0.15) is 19.8 Å². The largest absolute Gasteiger partial charge is 0.462 e. The van der Waals surface area contributed by atoms with Gasteiger partial charge in [0.1, 0.15) is 5.71 Å². The van der Waals surface area contributed by atoms with Crippen LogP contribution in [0.3, 0.4) is 0 Å². The Hall–Kier alpha value is -2.11. The molecule has 2 rings (SSSR count). The Bertz CT molecular complexity index is 482. The molecular weight excluding hydrogens is 232 g/mol. The van der Waals surface area contributed by atoms with E-state index < -0.39 is 0 Å². The van der Waals surface area contributed by atoms with E-state index in [1.807, 2.05) is 0 Å². The fraction of sp³-hybridized carbons (Fsp3) is 0.417. The Morgan fingerprint density at radius 3 is 2.94 bits per heavy atom. The molecule has 0 atom stereocenters. The van der Waals surface area contributed by atoms with Gasteiger partial charge in [-0.3, -0.25) is 4.99 Å². The lowest BCUT2D eigenvalue weighted by molar-refractivity contribution is -0.135. The first-order valence-electron chi connectivity index (χ1n) is 5.83. The van der Waals surface area contributed by atoms with Crippen molar-refractivity contribution in [3.8, 4) is 0 Å². The number of carbonyl (C=O) groups is 1. The second kappa shape index (κ2) is 6.00. The minimum absolute atomic E-state index is 0.353. The predicted octanol–water partition coefficient (Wildman–Crippen LogP) is 1.35.